The highest BCUT2D eigenvalue weighted by Crippen LogP contribution is 2.37. The monoisotopic (exact) mass is 540 g/mol. The zero-order valence-electron chi connectivity index (χ0n) is 22.8. The number of likely N-dealkylation sites (N-methyl/N-ethyl adjacent to an activating group) is 1. The average molecular weight is 541 g/mol. The van der Waals surface area contributed by atoms with Gasteiger partial charge >= 0.3 is 6.09 Å². The maximum atomic E-state index is 11.5. The zero-order chi connectivity index (χ0) is 27.6. The highest BCUT2D eigenvalue weighted by atomic mass is 16.4. The molecule has 1 unspecified atom stereocenters. The van der Waals surface area contributed by atoms with E-state index in [1.165, 1.54) is 6.33 Å². The normalized spacial score (nSPS) is 21.3. The minimum absolute atomic E-state index is 0.260. The van der Waals surface area contributed by atoms with E-state index in [2.05, 4.69) is 36.8 Å². The van der Waals surface area contributed by atoms with Gasteiger partial charge in [0.1, 0.15) is 17.8 Å². The number of hydrogen-bond donors (Lipinski definition) is 3. The van der Waals surface area contributed by atoms with Crippen LogP contribution >= 0.6 is 0 Å². The second kappa shape index (κ2) is 11.2. The molecular weight excluding hydrogens is 504 g/mol. The Morgan fingerprint density at radius 1 is 0.925 bits per heavy atom. The summed E-state index contributed by atoms with van der Waals surface area (Å²) in [5.74, 6) is 0.413. The lowest BCUT2D eigenvalue weighted by Crippen LogP contribution is -2.49. The van der Waals surface area contributed by atoms with Crippen LogP contribution in [0.1, 0.15) is 48.9 Å². The van der Waals surface area contributed by atoms with E-state index in [-0.39, 0.29) is 6.04 Å². The quantitative estimate of drug-likeness (QED) is 0.333. The van der Waals surface area contributed by atoms with Gasteiger partial charge in [0.2, 0.25) is 0 Å². The average Bonchev–Trinajstić information content (AvgIpc) is 3.38. The molecule has 1 saturated carbocycles. The summed E-state index contributed by atoms with van der Waals surface area (Å²) in [6.07, 6.45) is 4.84. The van der Waals surface area contributed by atoms with Crippen LogP contribution in [0.5, 0.6) is 0 Å². The molecule has 2 aromatic carbocycles. The first-order valence-electron chi connectivity index (χ1n) is 14.0. The van der Waals surface area contributed by atoms with Crippen LogP contribution < -0.4 is 11.1 Å². The van der Waals surface area contributed by atoms with Gasteiger partial charge in [0.05, 0.1) is 17.5 Å². The van der Waals surface area contributed by atoms with E-state index in [1.54, 1.807) is 0 Å². The summed E-state index contributed by atoms with van der Waals surface area (Å²) in [5, 5.41) is 17.9. The molecule has 1 aliphatic carbocycles. The number of hydrogen-bond acceptors (Lipinski definition) is 7. The first-order chi connectivity index (χ1) is 19.5. The van der Waals surface area contributed by atoms with Crippen LogP contribution in [0.4, 0.5) is 10.6 Å². The van der Waals surface area contributed by atoms with Crippen LogP contribution in [0.2, 0.25) is 0 Å². The zero-order valence-corrected chi connectivity index (χ0v) is 22.8. The van der Waals surface area contributed by atoms with Crippen molar-refractivity contribution >= 4 is 22.9 Å². The van der Waals surface area contributed by atoms with Crippen LogP contribution in [-0.2, 0) is 0 Å². The number of nitrogen functional groups attached to an aromatic ring is 1. The van der Waals surface area contributed by atoms with Crippen molar-refractivity contribution in [3.8, 4) is 11.3 Å². The second-order valence-corrected chi connectivity index (χ2v) is 11.0. The number of rotatable bonds is 6. The molecule has 3 heterocycles. The predicted molar refractivity (Wildman–Crippen MR) is 155 cm³/mol. The molecule has 10 heteroatoms. The molecule has 4 N–H and O–H groups in total. The Morgan fingerprint density at radius 2 is 1.57 bits per heavy atom. The van der Waals surface area contributed by atoms with Gasteiger partial charge < -0.3 is 21.1 Å². The maximum absolute atomic E-state index is 11.5. The molecule has 2 aromatic heterocycles. The van der Waals surface area contributed by atoms with E-state index in [9.17, 15) is 9.90 Å². The van der Waals surface area contributed by atoms with Gasteiger partial charge in [-0.05, 0) is 43.9 Å². The fourth-order valence-electron chi connectivity index (χ4n) is 6.27. The van der Waals surface area contributed by atoms with E-state index >= 15 is 0 Å². The van der Waals surface area contributed by atoms with Crippen molar-refractivity contribution in [1.82, 2.24) is 34.9 Å². The summed E-state index contributed by atoms with van der Waals surface area (Å²) >= 11 is 0. The molecule has 1 aliphatic heterocycles. The summed E-state index contributed by atoms with van der Waals surface area (Å²) in [5.41, 5.74) is 10.5. The van der Waals surface area contributed by atoms with E-state index in [0.29, 0.717) is 11.9 Å². The van der Waals surface area contributed by atoms with Gasteiger partial charge in [0, 0.05) is 37.8 Å². The number of fused-ring (bicyclic) bond motifs is 1. The number of benzene rings is 2. The fraction of sp³-hybridized carbons (Fsp3) is 0.400. The Balaban J connectivity index is 1.27. The van der Waals surface area contributed by atoms with Gasteiger partial charge in [-0.1, -0.05) is 54.6 Å². The third-order valence-corrected chi connectivity index (χ3v) is 8.50. The number of carbonyl (C=O) groups is 1. The molecule has 1 saturated heterocycles. The highest BCUT2D eigenvalue weighted by molar-refractivity contribution is 5.98. The van der Waals surface area contributed by atoms with Crippen LogP contribution in [0.15, 0.2) is 60.9 Å². The van der Waals surface area contributed by atoms with Gasteiger partial charge in [-0.2, -0.15) is 5.10 Å². The molecule has 2 fully saturated rings. The summed E-state index contributed by atoms with van der Waals surface area (Å²) < 4.78 is 2.07. The third-order valence-electron chi connectivity index (χ3n) is 8.50. The summed E-state index contributed by atoms with van der Waals surface area (Å²) in [6, 6.07) is 17.8. The van der Waals surface area contributed by atoms with Crippen molar-refractivity contribution in [2.45, 2.75) is 43.8 Å². The van der Waals surface area contributed by atoms with Crippen LogP contribution in [0.25, 0.3) is 22.3 Å². The van der Waals surface area contributed by atoms with E-state index in [1.807, 2.05) is 54.6 Å². The minimum atomic E-state index is -1.07. The largest absolute Gasteiger partial charge is 0.465 e. The number of anilines is 1. The number of amides is 1. The van der Waals surface area contributed by atoms with Gasteiger partial charge in [-0.25, -0.2) is 19.4 Å². The Hall–Kier alpha value is -4.02. The van der Waals surface area contributed by atoms with Crippen LogP contribution in [0.3, 0.4) is 0 Å². The first kappa shape index (κ1) is 26.2. The molecule has 1 amide bonds. The molecule has 6 rings (SSSR count). The van der Waals surface area contributed by atoms with Crippen molar-refractivity contribution < 1.29 is 9.90 Å². The summed E-state index contributed by atoms with van der Waals surface area (Å²) in [7, 11) is 2.20. The molecule has 2 aliphatic rings. The Bertz CT molecular complexity index is 1460. The van der Waals surface area contributed by atoms with E-state index in [4.69, 9.17) is 10.8 Å². The molecule has 208 valence electrons. The van der Waals surface area contributed by atoms with Crippen molar-refractivity contribution in [3.05, 3.63) is 72.1 Å². The number of nitrogens with one attached hydrogen (secondary N) is 1. The molecule has 0 spiro atoms. The molecule has 0 radical (unpaired) electrons. The predicted octanol–water partition coefficient (Wildman–Crippen LogP) is 4.16. The van der Waals surface area contributed by atoms with Crippen LogP contribution in [-0.4, -0.2) is 80.0 Å². The van der Waals surface area contributed by atoms with Gasteiger partial charge in [0.15, 0.2) is 5.65 Å². The first-order valence-corrected chi connectivity index (χ1v) is 14.0. The SMILES string of the molecule is CN1CCN(C2CCC(n3nc(-c4ccc(C(NC(=O)O)c5ccccc5)cc4)c4c(N)ncnc43)CC2)CC1. The number of carboxylic acid groups (broad SMARTS) is 1. The smallest absolute Gasteiger partial charge is 0.405 e. The topological polar surface area (TPSA) is 125 Å². The summed E-state index contributed by atoms with van der Waals surface area (Å²) in [4.78, 5) is 25.5. The molecular formula is C30H36N8O2. The molecule has 0 bridgehead atoms. The Morgan fingerprint density at radius 3 is 2.25 bits per heavy atom. The Labute approximate surface area is 233 Å². The highest BCUT2D eigenvalue weighted by Gasteiger charge is 2.30. The second-order valence-electron chi connectivity index (χ2n) is 11.0. The minimum Gasteiger partial charge on any atom is -0.465 e. The molecule has 1 atom stereocenters. The molecule has 4 aromatic rings. The number of aromatic nitrogens is 4. The van der Waals surface area contributed by atoms with Crippen molar-refractivity contribution in [2.75, 3.05) is 39.0 Å². The number of piperazine rings is 1. The van der Waals surface area contributed by atoms with Gasteiger partial charge in [0.25, 0.3) is 0 Å². The lowest BCUT2D eigenvalue weighted by molar-refractivity contribution is 0.0815. The Kier molecular flexibility index (Phi) is 7.36. The number of nitrogens with two attached hydrogens (primary N) is 1. The number of nitrogens with zero attached hydrogens (tertiary/aromatic N) is 6. The molecule has 10 nitrogen and oxygen atoms in total. The standard InChI is InChI=1S/C30H36N8O2/c1-36-15-17-37(18-16-36)23-11-13-24(14-12-23)38-29-25(28(31)32-19-33-29)27(35-38)22-9-7-21(8-10-22)26(34-30(39)40)20-5-3-2-4-6-20/h2-10,19,23-24,26,34H,11-18H2,1H3,(H,39,40)(H2,31,32,33). The van der Waals surface area contributed by atoms with Crippen molar-refractivity contribution in [1.29, 1.82) is 0 Å². The maximum Gasteiger partial charge on any atom is 0.405 e. The van der Waals surface area contributed by atoms with E-state index in [0.717, 1.165) is 85.3 Å². The van der Waals surface area contributed by atoms with Crippen molar-refractivity contribution in [2.24, 2.45) is 0 Å². The lowest BCUT2D eigenvalue weighted by Gasteiger charge is -2.41. The fourth-order valence-corrected chi connectivity index (χ4v) is 6.27. The molecule has 40 heavy (non-hydrogen) atoms. The van der Waals surface area contributed by atoms with Gasteiger partial charge in [-0.3, -0.25) is 4.90 Å². The van der Waals surface area contributed by atoms with Gasteiger partial charge in [-0.15, -0.1) is 0 Å². The lowest BCUT2D eigenvalue weighted by atomic mass is 9.90. The van der Waals surface area contributed by atoms with Crippen molar-refractivity contribution in [3.63, 3.8) is 0 Å². The van der Waals surface area contributed by atoms with E-state index < -0.39 is 12.1 Å². The third kappa shape index (κ3) is 5.24. The summed E-state index contributed by atoms with van der Waals surface area (Å²) in [6.45, 7) is 4.57. The van der Waals surface area contributed by atoms with Crippen LogP contribution in [0, 0.1) is 0 Å².